The van der Waals surface area contributed by atoms with Gasteiger partial charge in [-0.3, -0.25) is 9.59 Å². The molecule has 0 bridgehead atoms. The van der Waals surface area contributed by atoms with E-state index in [0.29, 0.717) is 30.3 Å². The molecule has 31 heavy (non-hydrogen) atoms. The van der Waals surface area contributed by atoms with Crippen LogP contribution in [-0.4, -0.2) is 84.4 Å². The number of likely N-dealkylation sites (tertiary alicyclic amines) is 1. The highest BCUT2D eigenvalue weighted by atomic mass is 16.2. The van der Waals surface area contributed by atoms with Crippen molar-refractivity contribution in [2.75, 3.05) is 39.8 Å². The van der Waals surface area contributed by atoms with Crippen LogP contribution in [0, 0.1) is 17.8 Å². The van der Waals surface area contributed by atoms with Gasteiger partial charge in [-0.05, 0) is 77.3 Å². The van der Waals surface area contributed by atoms with Crippen molar-refractivity contribution in [1.82, 2.24) is 20.0 Å². The quantitative estimate of drug-likeness (QED) is 0.571. The minimum atomic E-state index is -0.312. The Labute approximate surface area is 191 Å². The van der Waals surface area contributed by atoms with Crippen LogP contribution in [0.2, 0.25) is 0 Å². The van der Waals surface area contributed by atoms with E-state index in [0.717, 1.165) is 51.9 Å². The molecule has 1 N–H and O–H groups in total. The Morgan fingerprint density at radius 2 is 1.71 bits per heavy atom. The molecular weight excluding hydrogens is 388 g/mol. The Hall–Kier alpha value is -1.14. The van der Waals surface area contributed by atoms with Gasteiger partial charge in [0, 0.05) is 32.2 Å². The Bertz CT molecular complexity index is 570. The summed E-state index contributed by atoms with van der Waals surface area (Å²) >= 11 is 0. The zero-order valence-electron chi connectivity index (χ0n) is 21.2. The van der Waals surface area contributed by atoms with Crippen LogP contribution >= 0.6 is 0 Å². The maximum atomic E-state index is 13.6. The molecule has 2 saturated heterocycles. The lowest BCUT2D eigenvalue weighted by Gasteiger charge is -2.42. The maximum Gasteiger partial charge on any atom is 0.245 e. The van der Waals surface area contributed by atoms with Gasteiger partial charge in [-0.2, -0.15) is 0 Å². The summed E-state index contributed by atoms with van der Waals surface area (Å²) in [6, 6.07) is 0.113. The average molecular weight is 437 g/mol. The topological polar surface area (TPSA) is 55.9 Å². The molecule has 0 unspecified atom stereocenters. The molecule has 2 atom stereocenters. The number of carbonyl (C=O) groups excluding carboxylic acids is 2. The number of hydrogen-bond donors (Lipinski definition) is 1. The lowest BCUT2D eigenvalue weighted by molar-refractivity contribution is -0.150. The van der Waals surface area contributed by atoms with Crippen LogP contribution in [0.1, 0.15) is 73.6 Å². The number of piperidine rings is 1. The fourth-order valence-corrected chi connectivity index (χ4v) is 4.83. The molecule has 2 fully saturated rings. The van der Waals surface area contributed by atoms with E-state index in [2.05, 4.69) is 58.8 Å². The number of hydrogen-bond acceptors (Lipinski definition) is 4. The normalized spacial score (nSPS) is 22.3. The Balaban J connectivity index is 1.98. The molecule has 6 nitrogen and oxygen atoms in total. The Kier molecular flexibility index (Phi) is 10.3. The number of carbonyl (C=O) groups is 2. The molecule has 2 rings (SSSR count). The molecule has 0 aliphatic carbocycles. The van der Waals surface area contributed by atoms with Crippen molar-refractivity contribution in [3.63, 3.8) is 0 Å². The van der Waals surface area contributed by atoms with Gasteiger partial charge >= 0.3 is 0 Å². The SMILES string of the molecule is CC(C)C[C@@H]1NCCN([C@@H](CC(C)C)C(=O)N2CCC(CCN(C)C(C)C)CC2)C1=O. The first-order chi connectivity index (χ1) is 14.6. The molecule has 0 aromatic rings. The van der Waals surface area contributed by atoms with Gasteiger partial charge < -0.3 is 20.0 Å². The minimum Gasteiger partial charge on any atom is -0.341 e. The standard InChI is InChI=1S/C25H48N4O2/c1-18(2)16-22-24(30)29(15-11-26-22)23(17-19(3)4)25(31)28-13-9-21(10-14-28)8-12-27(7)20(5)6/h18-23,26H,8-17H2,1-7H3/t22-,23-/m0/s1. The van der Waals surface area contributed by atoms with E-state index in [9.17, 15) is 9.59 Å². The number of nitrogens with one attached hydrogen (secondary N) is 1. The molecule has 0 aromatic carbocycles. The van der Waals surface area contributed by atoms with Crippen molar-refractivity contribution in [3.8, 4) is 0 Å². The molecule has 2 aliphatic rings. The third-order valence-corrected chi connectivity index (χ3v) is 7.09. The first-order valence-corrected chi connectivity index (χ1v) is 12.6. The Morgan fingerprint density at radius 1 is 1.06 bits per heavy atom. The fourth-order valence-electron chi connectivity index (χ4n) is 4.83. The molecule has 2 amide bonds. The predicted octanol–water partition coefficient (Wildman–Crippen LogP) is 3.22. The second kappa shape index (κ2) is 12.2. The van der Waals surface area contributed by atoms with Crippen LogP contribution in [0.25, 0.3) is 0 Å². The van der Waals surface area contributed by atoms with Crippen LogP contribution in [0.4, 0.5) is 0 Å². The summed E-state index contributed by atoms with van der Waals surface area (Å²) in [5.41, 5.74) is 0. The van der Waals surface area contributed by atoms with E-state index < -0.39 is 0 Å². The molecule has 0 radical (unpaired) electrons. The molecule has 2 heterocycles. The van der Waals surface area contributed by atoms with Crippen molar-refractivity contribution in [1.29, 1.82) is 0 Å². The fraction of sp³-hybridized carbons (Fsp3) is 0.920. The van der Waals surface area contributed by atoms with E-state index in [-0.39, 0.29) is 23.9 Å². The van der Waals surface area contributed by atoms with Crippen molar-refractivity contribution >= 4 is 11.8 Å². The summed E-state index contributed by atoms with van der Waals surface area (Å²) in [4.78, 5) is 33.1. The molecule has 6 heteroatoms. The summed E-state index contributed by atoms with van der Waals surface area (Å²) in [5.74, 6) is 1.82. The van der Waals surface area contributed by atoms with Crippen molar-refractivity contribution in [3.05, 3.63) is 0 Å². The summed E-state index contributed by atoms with van der Waals surface area (Å²) in [7, 11) is 2.19. The van der Waals surface area contributed by atoms with Gasteiger partial charge in [0.2, 0.25) is 11.8 Å². The lowest BCUT2D eigenvalue weighted by Crippen LogP contribution is -2.62. The van der Waals surface area contributed by atoms with Gasteiger partial charge in [-0.15, -0.1) is 0 Å². The van der Waals surface area contributed by atoms with Crippen LogP contribution in [0.3, 0.4) is 0 Å². The largest absolute Gasteiger partial charge is 0.341 e. The molecule has 0 aromatic heterocycles. The summed E-state index contributed by atoms with van der Waals surface area (Å²) in [6.45, 7) is 17.3. The molecule has 0 saturated carbocycles. The van der Waals surface area contributed by atoms with Crippen LogP contribution in [0.15, 0.2) is 0 Å². The monoisotopic (exact) mass is 436 g/mol. The zero-order chi connectivity index (χ0) is 23.1. The van der Waals surface area contributed by atoms with Crippen molar-refractivity contribution < 1.29 is 9.59 Å². The predicted molar refractivity (Wildman–Crippen MR) is 128 cm³/mol. The third kappa shape index (κ3) is 7.74. The van der Waals surface area contributed by atoms with Gasteiger partial charge in [-0.1, -0.05) is 27.7 Å². The van der Waals surface area contributed by atoms with Crippen LogP contribution in [-0.2, 0) is 9.59 Å². The van der Waals surface area contributed by atoms with E-state index >= 15 is 0 Å². The highest BCUT2D eigenvalue weighted by Gasteiger charge is 2.39. The van der Waals surface area contributed by atoms with Crippen LogP contribution in [0.5, 0.6) is 0 Å². The van der Waals surface area contributed by atoms with E-state index in [1.807, 2.05) is 9.80 Å². The second-order valence-corrected chi connectivity index (χ2v) is 10.9. The first-order valence-electron chi connectivity index (χ1n) is 12.6. The van der Waals surface area contributed by atoms with Gasteiger partial charge in [0.1, 0.15) is 6.04 Å². The van der Waals surface area contributed by atoms with Gasteiger partial charge in [0.25, 0.3) is 0 Å². The number of rotatable bonds is 10. The van der Waals surface area contributed by atoms with E-state index in [1.165, 1.54) is 6.42 Å². The molecular formula is C25H48N4O2. The van der Waals surface area contributed by atoms with E-state index in [1.54, 1.807) is 0 Å². The van der Waals surface area contributed by atoms with Gasteiger partial charge in [0.05, 0.1) is 6.04 Å². The maximum absolute atomic E-state index is 13.6. The first kappa shape index (κ1) is 26.1. The number of amides is 2. The number of nitrogens with zero attached hydrogens (tertiary/aromatic N) is 3. The lowest BCUT2D eigenvalue weighted by atomic mass is 9.91. The van der Waals surface area contributed by atoms with Crippen molar-refractivity contribution in [2.45, 2.75) is 91.8 Å². The third-order valence-electron chi connectivity index (χ3n) is 7.09. The zero-order valence-corrected chi connectivity index (χ0v) is 21.2. The number of piperazine rings is 1. The molecule has 180 valence electrons. The van der Waals surface area contributed by atoms with Crippen molar-refractivity contribution in [2.24, 2.45) is 17.8 Å². The van der Waals surface area contributed by atoms with Gasteiger partial charge in [-0.25, -0.2) is 0 Å². The summed E-state index contributed by atoms with van der Waals surface area (Å²) < 4.78 is 0. The summed E-state index contributed by atoms with van der Waals surface area (Å²) in [6.07, 6.45) is 4.95. The van der Waals surface area contributed by atoms with Gasteiger partial charge in [0.15, 0.2) is 0 Å². The summed E-state index contributed by atoms with van der Waals surface area (Å²) in [5, 5.41) is 3.37. The Morgan fingerprint density at radius 3 is 2.26 bits per heavy atom. The average Bonchev–Trinajstić information content (AvgIpc) is 2.71. The van der Waals surface area contributed by atoms with Crippen LogP contribution < -0.4 is 5.32 Å². The highest BCUT2D eigenvalue weighted by molar-refractivity contribution is 5.90. The smallest absolute Gasteiger partial charge is 0.245 e. The molecule has 2 aliphatic heterocycles. The second-order valence-electron chi connectivity index (χ2n) is 10.9. The minimum absolute atomic E-state index is 0.116. The van der Waals surface area contributed by atoms with E-state index in [4.69, 9.17) is 0 Å². The molecule has 0 spiro atoms. The highest BCUT2D eigenvalue weighted by Crippen LogP contribution is 2.25.